The largest absolute Gasteiger partial charge is 0.463 e. The number of sulfonamides is 1. The Morgan fingerprint density at radius 1 is 1.17 bits per heavy atom. The SMILES string of the molecule is CC(C)n1cnnc1CN(C)Cc1ccc(CN(C)S(C)(=O)=O)o1. The highest BCUT2D eigenvalue weighted by Crippen LogP contribution is 2.15. The van der Waals surface area contributed by atoms with Crippen molar-refractivity contribution in [2.45, 2.75) is 39.5 Å². The van der Waals surface area contributed by atoms with Crippen molar-refractivity contribution in [2.75, 3.05) is 20.4 Å². The molecule has 0 aliphatic rings. The molecule has 0 aliphatic carbocycles. The number of hydrogen-bond donors (Lipinski definition) is 0. The number of rotatable bonds is 8. The van der Waals surface area contributed by atoms with Crippen molar-refractivity contribution in [1.29, 1.82) is 0 Å². The predicted octanol–water partition coefficient (Wildman–Crippen LogP) is 1.48. The van der Waals surface area contributed by atoms with Crippen molar-refractivity contribution in [2.24, 2.45) is 0 Å². The van der Waals surface area contributed by atoms with E-state index >= 15 is 0 Å². The van der Waals surface area contributed by atoms with Crippen LogP contribution in [0.1, 0.15) is 37.2 Å². The van der Waals surface area contributed by atoms with Crippen molar-refractivity contribution >= 4 is 10.0 Å². The molecular weight excluding hydrogens is 330 g/mol. The van der Waals surface area contributed by atoms with Gasteiger partial charge in [0, 0.05) is 13.1 Å². The summed E-state index contributed by atoms with van der Waals surface area (Å²) in [5.74, 6) is 2.30. The first-order chi connectivity index (χ1) is 11.2. The molecule has 0 unspecified atom stereocenters. The van der Waals surface area contributed by atoms with E-state index in [1.54, 1.807) is 6.33 Å². The third-order valence-electron chi connectivity index (χ3n) is 3.70. The van der Waals surface area contributed by atoms with E-state index in [2.05, 4.69) is 28.9 Å². The number of furan rings is 1. The fraction of sp³-hybridized carbons (Fsp3) is 0.600. The maximum Gasteiger partial charge on any atom is 0.211 e. The molecule has 0 saturated heterocycles. The number of nitrogens with zero attached hydrogens (tertiary/aromatic N) is 5. The van der Waals surface area contributed by atoms with Gasteiger partial charge >= 0.3 is 0 Å². The van der Waals surface area contributed by atoms with Crippen LogP contribution in [0.3, 0.4) is 0 Å². The summed E-state index contributed by atoms with van der Waals surface area (Å²) in [5, 5.41) is 8.12. The standard InChI is InChI=1S/C15H25N5O3S/c1-12(2)20-11-16-17-15(20)10-18(3)8-13-6-7-14(23-13)9-19(4)24(5,21)22/h6-7,11-12H,8-10H2,1-5H3. The van der Waals surface area contributed by atoms with Crippen LogP contribution in [0.5, 0.6) is 0 Å². The summed E-state index contributed by atoms with van der Waals surface area (Å²) in [6, 6.07) is 3.99. The summed E-state index contributed by atoms with van der Waals surface area (Å²) >= 11 is 0. The Morgan fingerprint density at radius 2 is 1.79 bits per heavy atom. The van der Waals surface area contributed by atoms with Crippen molar-refractivity contribution in [3.05, 3.63) is 35.8 Å². The fourth-order valence-electron chi connectivity index (χ4n) is 2.30. The summed E-state index contributed by atoms with van der Waals surface area (Å²) in [4.78, 5) is 2.08. The van der Waals surface area contributed by atoms with Gasteiger partial charge in [0.25, 0.3) is 0 Å². The van der Waals surface area contributed by atoms with Gasteiger partial charge in [0.2, 0.25) is 10.0 Å². The lowest BCUT2D eigenvalue weighted by molar-refractivity contribution is 0.268. The van der Waals surface area contributed by atoms with E-state index in [1.165, 1.54) is 17.6 Å². The molecule has 2 heterocycles. The molecule has 8 nitrogen and oxygen atoms in total. The first-order valence-electron chi connectivity index (χ1n) is 7.72. The summed E-state index contributed by atoms with van der Waals surface area (Å²) in [7, 11) is 0.289. The Hall–Kier alpha value is -1.71. The number of hydrogen-bond acceptors (Lipinski definition) is 6. The average Bonchev–Trinajstić information content (AvgIpc) is 3.07. The minimum atomic E-state index is -3.22. The van der Waals surface area contributed by atoms with Crippen molar-refractivity contribution in [3.63, 3.8) is 0 Å². The minimum absolute atomic E-state index is 0.226. The molecule has 24 heavy (non-hydrogen) atoms. The summed E-state index contributed by atoms with van der Waals surface area (Å²) in [5.41, 5.74) is 0. The Labute approximate surface area is 143 Å². The molecule has 2 rings (SSSR count). The second kappa shape index (κ2) is 7.45. The van der Waals surface area contributed by atoms with Crippen LogP contribution in [0.25, 0.3) is 0 Å². The summed E-state index contributed by atoms with van der Waals surface area (Å²) in [6.07, 6.45) is 2.91. The zero-order valence-electron chi connectivity index (χ0n) is 14.8. The van der Waals surface area contributed by atoms with Crippen LogP contribution in [0.15, 0.2) is 22.9 Å². The van der Waals surface area contributed by atoms with Gasteiger partial charge < -0.3 is 8.98 Å². The smallest absolute Gasteiger partial charge is 0.211 e. The maximum absolute atomic E-state index is 11.4. The molecule has 0 atom stereocenters. The second-order valence-corrected chi connectivity index (χ2v) is 8.40. The molecule has 2 aromatic rings. The first kappa shape index (κ1) is 18.6. The lowest BCUT2D eigenvalue weighted by atomic mass is 10.3. The molecule has 0 radical (unpaired) electrons. The third-order valence-corrected chi connectivity index (χ3v) is 4.96. The van der Waals surface area contributed by atoms with E-state index in [0.29, 0.717) is 24.9 Å². The van der Waals surface area contributed by atoms with Crippen LogP contribution >= 0.6 is 0 Å². The van der Waals surface area contributed by atoms with Gasteiger partial charge in [-0.1, -0.05) is 0 Å². The van der Waals surface area contributed by atoms with Gasteiger partial charge in [-0.2, -0.15) is 4.31 Å². The van der Waals surface area contributed by atoms with Crippen LogP contribution in [0.2, 0.25) is 0 Å². The van der Waals surface area contributed by atoms with Gasteiger partial charge in [-0.15, -0.1) is 10.2 Å². The van der Waals surface area contributed by atoms with Crippen LogP contribution < -0.4 is 0 Å². The van der Waals surface area contributed by atoms with E-state index in [-0.39, 0.29) is 6.54 Å². The van der Waals surface area contributed by atoms with Crippen LogP contribution in [-0.4, -0.2) is 52.7 Å². The van der Waals surface area contributed by atoms with Crippen molar-refractivity contribution < 1.29 is 12.8 Å². The van der Waals surface area contributed by atoms with Gasteiger partial charge in [-0.05, 0) is 33.0 Å². The normalized spacial score (nSPS) is 12.7. The van der Waals surface area contributed by atoms with Crippen LogP contribution in [0, 0.1) is 0 Å². The molecule has 0 bridgehead atoms. The van der Waals surface area contributed by atoms with E-state index in [4.69, 9.17) is 4.42 Å². The van der Waals surface area contributed by atoms with E-state index in [1.807, 2.05) is 23.7 Å². The van der Waals surface area contributed by atoms with Crippen molar-refractivity contribution in [3.8, 4) is 0 Å². The molecule has 0 aliphatic heterocycles. The quantitative estimate of drug-likeness (QED) is 0.713. The average molecular weight is 355 g/mol. The highest BCUT2D eigenvalue weighted by atomic mass is 32.2. The lowest BCUT2D eigenvalue weighted by Crippen LogP contribution is -2.24. The lowest BCUT2D eigenvalue weighted by Gasteiger charge is -2.17. The molecule has 2 aromatic heterocycles. The summed E-state index contributed by atoms with van der Waals surface area (Å²) in [6.45, 7) is 5.66. The molecule has 0 spiro atoms. The monoisotopic (exact) mass is 355 g/mol. The van der Waals surface area contributed by atoms with Gasteiger partial charge in [0.05, 0.1) is 25.9 Å². The Bertz CT molecular complexity index is 766. The molecular formula is C15H25N5O3S. The van der Waals surface area contributed by atoms with E-state index in [9.17, 15) is 8.42 Å². The van der Waals surface area contributed by atoms with Gasteiger partial charge in [-0.25, -0.2) is 8.42 Å². The summed E-state index contributed by atoms with van der Waals surface area (Å²) < 4.78 is 31.9. The molecule has 0 aromatic carbocycles. The minimum Gasteiger partial charge on any atom is -0.463 e. The van der Waals surface area contributed by atoms with E-state index in [0.717, 1.165) is 11.6 Å². The molecule has 0 fully saturated rings. The van der Waals surface area contributed by atoms with Gasteiger partial charge in [0.1, 0.15) is 23.7 Å². The zero-order chi connectivity index (χ0) is 17.9. The highest BCUT2D eigenvalue weighted by Gasteiger charge is 2.15. The molecule has 0 saturated carbocycles. The Kier molecular flexibility index (Phi) is 5.79. The molecule has 134 valence electrons. The van der Waals surface area contributed by atoms with Crippen LogP contribution in [0.4, 0.5) is 0 Å². The number of aromatic nitrogens is 3. The van der Waals surface area contributed by atoms with Gasteiger partial charge in [-0.3, -0.25) is 4.90 Å². The molecule has 9 heteroatoms. The predicted molar refractivity (Wildman–Crippen MR) is 90.6 cm³/mol. The maximum atomic E-state index is 11.4. The van der Waals surface area contributed by atoms with Crippen LogP contribution in [-0.2, 0) is 29.7 Å². The first-order valence-corrected chi connectivity index (χ1v) is 9.57. The zero-order valence-corrected chi connectivity index (χ0v) is 15.6. The highest BCUT2D eigenvalue weighted by molar-refractivity contribution is 7.88. The van der Waals surface area contributed by atoms with Gasteiger partial charge in [0.15, 0.2) is 0 Å². The molecule has 0 amide bonds. The van der Waals surface area contributed by atoms with E-state index < -0.39 is 10.0 Å². The second-order valence-electron chi connectivity index (χ2n) is 6.31. The van der Waals surface area contributed by atoms with Crippen molar-refractivity contribution in [1.82, 2.24) is 24.0 Å². The fourth-order valence-corrected chi connectivity index (χ4v) is 2.67. The molecule has 0 N–H and O–H groups in total. The third kappa shape index (κ3) is 4.89. The Balaban J connectivity index is 1.95. The topological polar surface area (TPSA) is 84.5 Å². The Morgan fingerprint density at radius 3 is 2.38 bits per heavy atom.